The summed E-state index contributed by atoms with van der Waals surface area (Å²) in [5.41, 5.74) is 5.87. The average Bonchev–Trinajstić information content (AvgIpc) is 2.43. The standard InChI is InChI=1S/C13H16FN5O/c14-11-6-9(8-17)5-10(7-11)12(1-2-15)19-13(20)18-4-3-16/h2,5-7,12,15H,1,3-4,16H2,(H2,18,19,20)/t12-/m0/s1. The fraction of sp³-hybridized carbons (Fsp3) is 0.308. The number of hydrogen-bond donors (Lipinski definition) is 4. The lowest BCUT2D eigenvalue weighted by molar-refractivity contribution is 0.237. The van der Waals surface area contributed by atoms with Gasteiger partial charge in [-0.2, -0.15) is 5.26 Å². The summed E-state index contributed by atoms with van der Waals surface area (Å²) in [5.74, 6) is -0.557. The van der Waals surface area contributed by atoms with Gasteiger partial charge in [0.15, 0.2) is 0 Å². The van der Waals surface area contributed by atoms with Gasteiger partial charge in [0, 0.05) is 19.5 Å². The summed E-state index contributed by atoms with van der Waals surface area (Å²) >= 11 is 0. The van der Waals surface area contributed by atoms with Crippen molar-refractivity contribution in [2.75, 3.05) is 13.1 Å². The van der Waals surface area contributed by atoms with E-state index in [1.54, 1.807) is 0 Å². The highest BCUT2D eigenvalue weighted by Gasteiger charge is 2.15. The van der Waals surface area contributed by atoms with Gasteiger partial charge in [0.2, 0.25) is 0 Å². The minimum atomic E-state index is -0.576. The van der Waals surface area contributed by atoms with Gasteiger partial charge in [-0.15, -0.1) is 0 Å². The van der Waals surface area contributed by atoms with Crippen LogP contribution in [-0.2, 0) is 0 Å². The van der Waals surface area contributed by atoms with Gasteiger partial charge in [0.1, 0.15) is 5.82 Å². The van der Waals surface area contributed by atoms with Gasteiger partial charge >= 0.3 is 6.03 Å². The van der Waals surface area contributed by atoms with Gasteiger partial charge in [-0.3, -0.25) is 0 Å². The molecule has 0 aliphatic heterocycles. The Morgan fingerprint density at radius 3 is 2.90 bits per heavy atom. The average molecular weight is 277 g/mol. The van der Waals surface area contributed by atoms with Crippen LogP contribution in [0.4, 0.5) is 9.18 Å². The Morgan fingerprint density at radius 1 is 1.55 bits per heavy atom. The van der Waals surface area contributed by atoms with Gasteiger partial charge in [0.05, 0.1) is 17.7 Å². The first-order valence-corrected chi connectivity index (χ1v) is 6.04. The van der Waals surface area contributed by atoms with Crippen molar-refractivity contribution in [3.8, 4) is 6.07 Å². The molecule has 0 unspecified atom stereocenters. The van der Waals surface area contributed by atoms with Crippen molar-refractivity contribution in [2.24, 2.45) is 5.73 Å². The van der Waals surface area contributed by atoms with Crippen LogP contribution in [0.5, 0.6) is 0 Å². The highest BCUT2D eigenvalue weighted by molar-refractivity contribution is 5.75. The van der Waals surface area contributed by atoms with Gasteiger partial charge < -0.3 is 21.8 Å². The van der Waals surface area contributed by atoms with Gasteiger partial charge in [-0.1, -0.05) is 0 Å². The van der Waals surface area contributed by atoms with Crippen LogP contribution in [0.1, 0.15) is 23.6 Å². The summed E-state index contributed by atoms with van der Waals surface area (Å²) in [5, 5.41) is 21.1. The number of nitrogens with zero attached hydrogens (tertiary/aromatic N) is 1. The normalized spacial score (nSPS) is 11.2. The summed E-state index contributed by atoms with van der Waals surface area (Å²) in [7, 11) is 0. The predicted molar refractivity (Wildman–Crippen MR) is 72.8 cm³/mol. The quantitative estimate of drug-likeness (QED) is 0.582. The van der Waals surface area contributed by atoms with E-state index in [1.807, 2.05) is 6.07 Å². The number of hydrogen-bond acceptors (Lipinski definition) is 4. The summed E-state index contributed by atoms with van der Waals surface area (Å²) in [4.78, 5) is 11.6. The molecule has 7 heteroatoms. The van der Waals surface area contributed by atoms with E-state index in [9.17, 15) is 9.18 Å². The molecule has 0 aromatic heterocycles. The Labute approximate surface area is 116 Å². The highest BCUT2D eigenvalue weighted by atomic mass is 19.1. The topological polar surface area (TPSA) is 115 Å². The van der Waals surface area contributed by atoms with Crippen molar-refractivity contribution in [1.82, 2.24) is 10.6 Å². The van der Waals surface area contributed by atoms with Gasteiger partial charge in [-0.05, 0) is 30.0 Å². The summed E-state index contributed by atoms with van der Waals surface area (Å²) < 4.78 is 13.4. The Hall–Kier alpha value is -2.46. The lowest BCUT2D eigenvalue weighted by Crippen LogP contribution is -2.40. The third kappa shape index (κ3) is 4.66. The van der Waals surface area contributed by atoms with E-state index in [2.05, 4.69) is 10.6 Å². The van der Waals surface area contributed by atoms with Crippen LogP contribution in [0, 0.1) is 22.6 Å². The van der Waals surface area contributed by atoms with Crippen LogP contribution in [0.2, 0.25) is 0 Å². The number of nitrogens with one attached hydrogen (secondary N) is 3. The molecule has 0 bridgehead atoms. The molecular weight excluding hydrogens is 261 g/mol. The second-order valence-corrected chi connectivity index (χ2v) is 4.07. The maximum atomic E-state index is 13.4. The fourth-order valence-electron chi connectivity index (χ4n) is 1.67. The molecule has 0 heterocycles. The first-order valence-electron chi connectivity index (χ1n) is 6.04. The second kappa shape index (κ2) is 7.86. The zero-order chi connectivity index (χ0) is 15.0. The monoisotopic (exact) mass is 277 g/mol. The molecule has 1 aromatic carbocycles. The van der Waals surface area contributed by atoms with E-state index in [4.69, 9.17) is 16.4 Å². The molecule has 0 radical (unpaired) electrons. The molecule has 0 saturated carbocycles. The van der Waals surface area contributed by atoms with Crippen LogP contribution in [0.15, 0.2) is 18.2 Å². The number of halogens is 1. The minimum absolute atomic E-state index is 0.166. The van der Waals surface area contributed by atoms with E-state index in [-0.39, 0.29) is 12.0 Å². The second-order valence-electron chi connectivity index (χ2n) is 4.07. The van der Waals surface area contributed by atoms with Crippen LogP contribution in [0.3, 0.4) is 0 Å². The Kier molecular flexibility index (Phi) is 6.13. The van der Waals surface area contributed by atoms with Crippen LogP contribution >= 0.6 is 0 Å². The number of rotatable bonds is 6. The van der Waals surface area contributed by atoms with Crippen molar-refractivity contribution < 1.29 is 9.18 Å². The number of nitriles is 1. The van der Waals surface area contributed by atoms with E-state index >= 15 is 0 Å². The molecule has 106 valence electrons. The molecule has 0 saturated heterocycles. The molecule has 0 spiro atoms. The van der Waals surface area contributed by atoms with Crippen molar-refractivity contribution in [3.05, 3.63) is 35.1 Å². The molecule has 1 rings (SSSR count). The number of carbonyl (C=O) groups excluding carboxylic acids is 1. The third-order valence-corrected chi connectivity index (χ3v) is 2.54. The van der Waals surface area contributed by atoms with Gasteiger partial charge in [-0.25, -0.2) is 9.18 Å². The Bertz CT molecular complexity index is 526. The van der Waals surface area contributed by atoms with E-state index in [0.717, 1.165) is 12.3 Å². The lowest BCUT2D eigenvalue weighted by Gasteiger charge is -2.18. The number of carbonyl (C=O) groups is 1. The number of nitrogens with two attached hydrogens (primary N) is 1. The first-order chi connectivity index (χ1) is 9.60. The predicted octanol–water partition coefficient (Wildman–Crippen LogP) is 1.04. The van der Waals surface area contributed by atoms with Crippen LogP contribution in [0.25, 0.3) is 0 Å². The molecule has 1 aromatic rings. The Balaban J connectivity index is 2.90. The van der Waals surface area contributed by atoms with E-state index in [1.165, 1.54) is 12.1 Å². The van der Waals surface area contributed by atoms with E-state index < -0.39 is 17.9 Å². The smallest absolute Gasteiger partial charge is 0.315 e. The van der Waals surface area contributed by atoms with Crippen LogP contribution in [-0.4, -0.2) is 25.3 Å². The number of benzene rings is 1. The largest absolute Gasteiger partial charge is 0.337 e. The summed E-state index contributed by atoms with van der Waals surface area (Å²) in [6, 6.07) is 4.65. The molecule has 0 aliphatic rings. The van der Waals surface area contributed by atoms with Crippen molar-refractivity contribution in [3.63, 3.8) is 0 Å². The van der Waals surface area contributed by atoms with Crippen molar-refractivity contribution in [1.29, 1.82) is 10.7 Å². The number of urea groups is 1. The highest BCUT2D eigenvalue weighted by Crippen LogP contribution is 2.19. The van der Waals surface area contributed by atoms with Crippen LogP contribution < -0.4 is 16.4 Å². The summed E-state index contributed by atoms with van der Waals surface area (Å²) in [6.45, 7) is 0.622. The maximum Gasteiger partial charge on any atom is 0.315 e. The van der Waals surface area contributed by atoms with Gasteiger partial charge in [0.25, 0.3) is 0 Å². The molecule has 1 atom stereocenters. The molecule has 20 heavy (non-hydrogen) atoms. The molecule has 5 N–H and O–H groups in total. The fourth-order valence-corrected chi connectivity index (χ4v) is 1.67. The van der Waals surface area contributed by atoms with Crippen molar-refractivity contribution in [2.45, 2.75) is 12.5 Å². The zero-order valence-electron chi connectivity index (χ0n) is 10.8. The maximum absolute atomic E-state index is 13.4. The summed E-state index contributed by atoms with van der Waals surface area (Å²) in [6.07, 6.45) is 1.31. The van der Waals surface area contributed by atoms with E-state index in [0.29, 0.717) is 18.7 Å². The number of amides is 2. The molecule has 2 amide bonds. The SMILES string of the molecule is N#Cc1cc(F)cc([C@H](CC=N)NC(=O)NCCN)c1. The minimum Gasteiger partial charge on any atom is -0.337 e. The third-order valence-electron chi connectivity index (χ3n) is 2.54. The lowest BCUT2D eigenvalue weighted by atomic mass is 10.0. The van der Waals surface area contributed by atoms with Crippen molar-refractivity contribution >= 4 is 12.2 Å². The Morgan fingerprint density at radius 2 is 2.30 bits per heavy atom. The zero-order valence-corrected chi connectivity index (χ0v) is 10.8. The first kappa shape index (κ1) is 15.6. The molecule has 0 fully saturated rings. The molecular formula is C13H16FN5O. The molecule has 6 nitrogen and oxygen atoms in total. The molecule has 0 aliphatic carbocycles.